The predicted octanol–water partition coefficient (Wildman–Crippen LogP) is 7.02. The average Bonchev–Trinajstić information content (AvgIpc) is 3.29. The number of carbonyl (C=O) groups excluding carboxylic acids is 1. The van der Waals surface area contributed by atoms with Crippen molar-refractivity contribution in [3.05, 3.63) is 131 Å². The van der Waals surface area contributed by atoms with Gasteiger partial charge in [-0.2, -0.15) is 10.1 Å². The van der Waals surface area contributed by atoms with E-state index in [1.807, 2.05) is 73.7 Å². The molecule has 0 aliphatic carbocycles. The second kappa shape index (κ2) is 9.99. The smallest absolute Gasteiger partial charge is 0.267 e. The first-order valence-corrected chi connectivity index (χ1v) is 12.0. The Labute approximate surface area is 207 Å². The van der Waals surface area contributed by atoms with E-state index in [0.717, 1.165) is 23.1 Å². The Morgan fingerprint density at radius 3 is 2.40 bits per heavy atom. The summed E-state index contributed by atoms with van der Waals surface area (Å²) in [5, 5.41) is 6.16. The number of aromatic nitrogens is 1. The fourth-order valence-corrected chi connectivity index (χ4v) is 4.61. The summed E-state index contributed by atoms with van der Waals surface area (Å²) >= 11 is 1.23. The molecule has 1 amide bonds. The zero-order chi connectivity index (χ0) is 24.2. The van der Waals surface area contributed by atoms with Gasteiger partial charge in [-0.3, -0.25) is 4.79 Å². The van der Waals surface area contributed by atoms with E-state index >= 15 is 0 Å². The maximum absolute atomic E-state index is 13.7. The zero-order valence-electron chi connectivity index (χ0n) is 19.1. The van der Waals surface area contributed by atoms with Crippen LogP contribution in [0.1, 0.15) is 32.6 Å². The Morgan fingerprint density at radius 2 is 1.66 bits per heavy atom. The van der Waals surface area contributed by atoms with Gasteiger partial charge in [0.05, 0.1) is 16.4 Å². The van der Waals surface area contributed by atoms with Gasteiger partial charge in [-0.25, -0.2) is 9.37 Å². The number of hydrogen-bond acceptors (Lipinski definition) is 4. The Hall–Kier alpha value is -4.16. The topological polar surface area (TPSA) is 45.6 Å². The number of benzene rings is 4. The average molecular weight is 480 g/mol. The largest absolute Gasteiger partial charge is 0.280 e. The number of halogens is 1. The molecule has 1 aromatic heterocycles. The van der Waals surface area contributed by atoms with Crippen LogP contribution in [0.2, 0.25) is 0 Å². The normalized spacial score (nSPS) is 11.3. The summed E-state index contributed by atoms with van der Waals surface area (Å²) in [4.78, 5) is 18.1. The molecule has 0 saturated carbocycles. The van der Waals surface area contributed by atoms with Crippen LogP contribution < -0.4 is 5.01 Å². The summed E-state index contributed by atoms with van der Waals surface area (Å²) in [7, 11) is 0. The van der Waals surface area contributed by atoms with Crippen molar-refractivity contribution in [3.63, 3.8) is 0 Å². The predicted molar refractivity (Wildman–Crippen MR) is 141 cm³/mol. The number of rotatable bonds is 6. The molecule has 4 nitrogen and oxygen atoms in total. The molecule has 6 heteroatoms. The van der Waals surface area contributed by atoms with Gasteiger partial charge in [0.15, 0.2) is 0 Å². The SMILES string of the molecule is Cc1ccc(/C=N/N(C(=O)c2ccc(Cc3ccccc3)cc2)c2nc3ccc(F)cc3s2)cc1. The standard InChI is InChI=1S/C29H22FN3OS/c1-20-7-9-23(10-8-20)19-31-33(29-32-26-16-15-25(30)18-27(26)35-29)28(34)24-13-11-22(12-14-24)17-21-5-3-2-4-6-21/h2-16,18-19H,17H2,1H3/b31-19+. The highest BCUT2D eigenvalue weighted by molar-refractivity contribution is 7.22. The van der Waals surface area contributed by atoms with Crippen LogP contribution in [0.5, 0.6) is 0 Å². The van der Waals surface area contributed by atoms with Crippen LogP contribution in [-0.2, 0) is 6.42 Å². The molecule has 0 N–H and O–H groups in total. The minimum Gasteiger partial charge on any atom is -0.267 e. The van der Waals surface area contributed by atoms with Gasteiger partial charge in [0, 0.05) is 5.56 Å². The van der Waals surface area contributed by atoms with Crippen LogP contribution in [0.25, 0.3) is 10.2 Å². The summed E-state index contributed by atoms with van der Waals surface area (Å²) in [6.45, 7) is 2.01. The van der Waals surface area contributed by atoms with Crippen LogP contribution >= 0.6 is 11.3 Å². The number of aryl methyl sites for hydroxylation is 1. The van der Waals surface area contributed by atoms with Gasteiger partial charge < -0.3 is 0 Å². The fraction of sp³-hybridized carbons (Fsp3) is 0.0690. The van der Waals surface area contributed by atoms with Crippen molar-refractivity contribution in [2.24, 2.45) is 5.10 Å². The molecular formula is C29H22FN3OS. The highest BCUT2D eigenvalue weighted by atomic mass is 32.1. The van der Waals surface area contributed by atoms with Crippen LogP contribution in [0.15, 0.2) is 102 Å². The molecule has 0 spiro atoms. The highest BCUT2D eigenvalue weighted by Crippen LogP contribution is 2.30. The van der Waals surface area contributed by atoms with E-state index in [1.165, 1.54) is 34.0 Å². The van der Waals surface area contributed by atoms with Crippen LogP contribution in [0.3, 0.4) is 0 Å². The first kappa shape index (κ1) is 22.6. The van der Waals surface area contributed by atoms with E-state index in [4.69, 9.17) is 0 Å². The third kappa shape index (κ3) is 5.34. The maximum atomic E-state index is 13.7. The molecular weight excluding hydrogens is 457 g/mol. The molecule has 35 heavy (non-hydrogen) atoms. The van der Waals surface area contributed by atoms with Gasteiger partial charge in [-0.15, -0.1) is 0 Å². The minimum atomic E-state index is -0.345. The van der Waals surface area contributed by atoms with Gasteiger partial charge in [-0.1, -0.05) is 83.6 Å². The third-order valence-electron chi connectivity index (χ3n) is 5.56. The molecule has 0 aliphatic heterocycles. The van der Waals surface area contributed by atoms with Gasteiger partial charge in [0.2, 0.25) is 5.13 Å². The molecule has 0 atom stereocenters. The first-order chi connectivity index (χ1) is 17.0. The summed E-state index contributed by atoms with van der Waals surface area (Å²) < 4.78 is 14.4. The molecule has 0 unspecified atom stereocenters. The van der Waals surface area contributed by atoms with Crippen molar-refractivity contribution in [3.8, 4) is 0 Å². The van der Waals surface area contributed by atoms with Crippen LogP contribution in [0, 0.1) is 12.7 Å². The zero-order valence-corrected chi connectivity index (χ0v) is 19.9. The molecule has 0 saturated heterocycles. The van der Waals surface area contributed by atoms with Crippen molar-refractivity contribution in [2.75, 3.05) is 5.01 Å². The van der Waals surface area contributed by atoms with Crippen molar-refractivity contribution >= 4 is 38.8 Å². The second-order valence-corrected chi connectivity index (χ2v) is 9.25. The Kier molecular flexibility index (Phi) is 6.46. The number of nitrogens with zero attached hydrogens (tertiary/aromatic N) is 3. The van der Waals surface area contributed by atoms with E-state index in [9.17, 15) is 9.18 Å². The van der Waals surface area contributed by atoms with E-state index < -0.39 is 0 Å². The number of thiazole rings is 1. The lowest BCUT2D eigenvalue weighted by Crippen LogP contribution is -2.25. The molecule has 0 fully saturated rings. The Balaban J connectivity index is 1.46. The maximum Gasteiger partial charge on any atom is 0.280 e. The van der Waals surface area contributed by atoms with E-state index in [-0.39, 0.29) is 11.7 Å². The van der Waals surface area contributed by atoms with Gasteiger partial charge in [0.25, 0.3) is 5.91 Å². The molecule has 5 rings (SSSR count). The van der Waals surface area contributed by atoms with Crippen molar-refractivity contribution in [2.45, 2.75) is 13.3 Å². The lowest BCUT2D eigenvalue weighted by Gasteiger charge is -2.14. The van der Waals surface area contributed by atoms with Crippen LogP contribution in [0.4, 0.5) is 9.52 Å². The Morgan fingerprint density at radius 1 is 0.943 bits per heavy atom. The molecule has 4 aromatic carbocycles. The number of hydrogen-bond donors (Lipinski definition) is 0. The van der Waals surface area contributed by atoms with E-state index in [2.05, 4.69) is 22.2 Å². The molecule has 0 bridgehead atoms. The lowest BCUT2D eigenvalue weighted by atomic mass is 10.0. The minimum absolute atomic E-state index is 0.306. The monoisotopic (exact) mass is 479 g/mol. The van der Waals surface area contributed by atoms with Crippen molar-refractivity contribution in [1.29, 1.82) is 0 Å². The van der Waals surface area contributed by atoms with Gasteiger partial charge in [-0.05, 0) is 60.4 Å². The van der Waals surface area contributed by atoms with Crippen LogP contribution in [-0.4, -0.2) is 17.1 Å². The Bertz CT molecular complexity index is 1490. The fourth-order valence-electron chi connectivity index (χ4n) is 3.66. The molecule has 1 heterocycles. The molecule has 172 valence electrons. The van der Waals surface area contributed by atoms with Gasteiger partial charge >= 0.3 is 0 Å². The summed E-state index contributed by atoms with van der Waals surface area (Å²) in [5.74, 6) is -0.651. The number of amides is 1. The first-order valence-electron chi connectivity index (χ1n) is 11.2. The van der Waals surface area contributed by atoms with E-state index in [0.29, 0.717) is 20.9 Å². The number of anilines is 1. The van der Waals surface area contributed by atoms with Gasteiger partial charge in [0.1, 0.15) is 5.82 Å². The summed E-state index contributed by atoms with van der Waals surface area (Å²) in [5.41, 5.74) is 5.43. The molecule has 0 radical (unpaired) electrons. The number of carbonyl (C=O) groups is 1. The highest BCUT2D eigenvalue weighted by Gasteiger charge is 2.21. The lowest BCUT2D eigenvalue weighted by molar-refractivity contribution is 0.0988. The molecule has 0 aliphatic rings. The summed E-state index contributed by atoms with van der Waals surface area (Å²) in [6.07, 6.45) is 2.42. The summed E-state index contributed by atoms with van der Waals surface area (Å²) in [6, 6.07) is 29.9. The molecule has 5 aromatic rings. The third-order valence-corrected chi connectivity index (χ3v) is 6.56. The van der Waals surface area contributed by atoms with E-state index in [1.54, 1.807) is 12.3 Å². The quantitative estimate of drug-likeness (QED) is 0.194. The number of fused-ring (bicyclic) bond motifs is 1. The van der Waals surface area contributed by atoms with Crippen molar-refractivity contribution in [1.82, 2.24) is 4.98 Å². The second-order valence-electron chi connectivity index (χ2n) is 8.24. The van der Waals surface area contributed by atoms with Crippen molar-refractivity contribution < 1.29 is 9.18 Å². The number of hydrazone groups is 1.